The van der Waals surface area contributed by atoms with Crippen LogP contribution in [0.2, 0.25) is 0 Å². The second-order valence-corrected chi connectivity index (χ2v) is 7.80. The number of hydrogen-bond donors (Lipinski definition) is 1. The molecule has 26 heavy (non-hydrogen) atoms. The lowest BCUT2D eigenvalue weighted by Crippen LogP contribution is -2.46. The number of benzene rings is 1. The van der Waals surface area contributed by atoms with Gasteiger partial charge in [-0.05, 0) is 51.3 Å². The Balaban J connectivity index is 1.48. The molecule has 3 aliphatic rings. The number of aliphatic imine (C=N–C) groups is 1. The molecule has 138 valence electrons. The second-order valence-electron chi connectivity index (χ2n) is 7.80. The monoisotopic (exact) mass is 353 g/mol. The van der Waals surface area contributed by atoms with Gasteiger partial charge >= 0.3 is 0 Å². The molecule has 0 amide bonds. The zero-order chi connectivity index (χ0) is 18.3. The van der Waals surface area contributed by atoms with Crippen LogP contribution in [0.4, 0.5) is 0 Å². The van der Waals surface area contributed by atoms with Crippen LogP contribution in [0.15, 0.2) is 35.1 Å². The normalized spacial score (nSPS) is 30.3. The van der Waals surface area contributed by atoms with Crippen molar-refractivity contribution in [1.29, 1.82) is 0 Å². The third-order valence-corrected chi connectivity index (χ3v) is 5.73. The molecular formula is C21H27N3O2. The van der Waals surface area contributed by atoms with Crippen molar-refractivity contribution >= 4 is 12.0 Å². The smallest absolute Gasteiger partial charge is 0.163 e. The highest BCUT2D eigenvalue weighted by Gasteiger charge is 2.43. The molecule has 2 unspecified atom stereocenters. The largest absolute Gasteiger partial charge is 0.490 e. The average Bonchev–Trinajstić information content (AvgIpc) is 2.88. The number of rotatable bonds is 4. The molecular weight excluding hydrogens is 326 g/mol. The minimum absolute atomic E-state index is 0.0452. The van der Waals surface area contributed by atoms with Crippen molar-refractivity contribution in [1.82, 2.24) is 4.90 Å². The summed E-state index contributed by atoms with van der Waals surface area (Å²) in [5.41, 5.74) is 7.68. The van der Waals surface area contributed by atoms with E-state index in [-0.39, 0.29) is 17.9 Å². The molecule has 0 spiro atoms. The highest BCUT2D eigenvalue weighted by Crippen LogP contribution is 2.40. The van der Waals surface area contributed by atoms with Crippen molar-refractivity contribution in [3.63, 3.8) is 0 Å². The zero-order valence-corrected chi connectivity index (χ0v) is 15.5. The first-order valence-corrected chi connectivity index (χ1v) is 9.58. The van der Waals surface area contributed by atoms with Gasteiger partial charge in [-0.25, -0.2) is 4.99 Å². The number of aryl methyl sites for hydroxylation is 1. The topological polar surface area (TPSA) is 67.9 Å². The van der Waals surface area contributed by atoms with Gasteiger partial charge in [-0.3, -0.25) is 4.79 Å². The molecule has 2 fully saturated rings. The predicted molar refractivity (Wildman–Crippen MR) is 103 cm³/mol. The SMILES string of the molecule is CC(=O)c1cc(C)ccc1OC1CC2CCC(C1)N2C1=CC[C@H](N)C=N1. The molecule has 0 saturated carbocycles. The van der Waals surface area contributed by atoms with Gasteiger partial charge in [0, 0.05) is 37.2 Å². The molecule has 1 aromatic rings. The van der Waals surface area contributed by atoms with Crippen LogP contribution >= 0.6 is 0 Å². The maximum absolute atomic E-state index is 12.0. The van der Waals surface area contributed by atoms with Crippen LogP contribution in [-0.2, 0) is 0 Å². The highest BCUT2D eigenvalue weighted by atomic mass is 16.5. The van der Waals surface area contributed by atoms with Gasteiger partial charge in [0.25, 0.3) is 0 Å². The van der Waals surface area contributed by atoms with E-state index < -0.39 is 0 Å². The first-order chi connectivity index (χ1) is 12.5. The summed E-state index contributed by atoms with van der Waals surface area (Å²) in [4.78, 5) is 19.0. The number of piperidine rings is 1. The summed E-state index contributed by atoms with van der Waals surface area (Å²) in [5, 5.41) is 0. The van der Waals surface area contributed by atoms with E-state index in [2.05, 4.69) is 16.0 Å². The van der Waals surface area contributed by atoms with E-state index in [0.29, 0.717) is 17.6 Å². The highest BCUT2D eigenvalue weighted by molar-refractivity contribution is 5.97. The third kappa shape index (κ3) is 3.28. The van der Waals surface area contributed by atoms with Crippen LogP contribution in [0, 0.1) is 6.92 Å². The quantitative estimate of drug-likeness (QED) is 0.844. The summed E-state index contributed by atoms with van der Waals surface area (Å²) in [6.45, 7) is 3.60. The Morgan fingerprint density at radius 1 is 1.27 bits per heavy atom. The van der Waals surface area contributed by atoms with Crippen molar-refractivity contribution in [2.75, 3.05) is 0 Å². The van der Waals surface area contributed by atoms with Crippen molar-refractivity contribution in [3.05, 3.63) is 41.2 Å². The summed E-state index contributed by atoms with van der Waals surface area (Å²) in [6.07, 6.45) is 9.35. The van der Waals surface area contributed by atoms with Crippen LogP contribution in [0.25, 0.3) is 0 Å². The number of nitrogens with two attached hydrogens (primary N) is 1. The summed E-state index contributed by atoms with van der Waals surface area (Å²) < 4.78 is 6.31. The number of carbonyl (C=O) groups excluding carboxylic acids is 1. The van der Waals surface area contributed by atoms with Crippen LogP contribution in [-0.4, -0.2) is 41.1 Å². The summed E-state index contributed by atoms with van der Waals surface area (Å²) in [7, 11) is 0. The molecule has 0 radical (unpaired) electrons. The number of nitrogens with zero attached hydrogens (tertiary/aromatic N) is 2. The molecule has 4 rings (SSSR count). The van der Waals surface area contributed by atoms with Crippen LogP contribution in [0.3, 0.4) is 0 Å². The number of Topliss-reactive ketones (excluding diaryl/α,β-unsaturated/α-hetero) is 1. The van der Waals surface area contributed by atoms with Crippen LogP contribution < -0.4 is 10.5 Å². The fourth-order valence-corrected chi connectivity index (χ4v) is 4.50. The predicted octanol–water partition coefficient (Wildman–Crippen LogP) is 3.22. The minimum Gasteiger partial charge on any atom is -0.490 e. The molecule has 3 heterocycles. The molecule has 2 saturated heterocycles. The fraction of sp³-hybridized carbons (Fsp3) is 0.524. The van der Waals surface area contributed by atoms with Crippen LogP contribution in [0.1, 0.15) is 54.9 Å². The number of fused-ring (bicyclic) bond motifs is 2. The molecule has 1 aromatic carbocycles. The molecule has 3 atom stereocenters. The Hall–Kier alpha value is -2.14. The van der Waals surface area contributed by atoms with Crippen molar-refractivity contribution < 1.29 is 9.53 Å². The molecule has 0 aromatic heterocycles. The van der Waals surface area contributed by atoms with Gasteiger partial charge in [0.2, 0.25) is 0 Å². The first kappa shape index (κ1) is 17.3. The Labute approximate surface area is 154 Å². The van der Waals surface area contributed by atoms with E-state index >= 15 is 0 Å². The summed E-state index contributed by atoms with van der Waals surface area (Å²) in [6, 6.07) is 6.84. The number of hydrogen-bond acceptors (Lipinski definition) is 5. The molecule has 0 aliphatic carbocycles. The van der Waals surface area contributed by atoms with Gasteiger partial charge in [0.15, 0.2) is 5.78 Å². The van der Waals surface area contributed by atoms with Gasteiger partial charge in [0.1, 0.15) is 17.7 Å². The van der Waals surface area contributed by atoms with Crippen molar-refractivity contribution in [2.45, 2.75) is 70.2 Å². The van der Waals surface area contributed by atoms with Gasteiger partial charge < -0.3 is 15.4 Å². The van der Waals surface area contributed by atoms with E-state index in [4.69, 9.17) is 10.5 Å². The maximum Gasteiger partial charge on any atom is 0.163 e. The summed E-state index contributed by atoms with van der Waals surface area (Å²) >= 11 is 0. The van der Waals surface area contributed by atoms with E-state index in [9.17, 15) is 4.79 Å². The number of ether oxygens (including phenoxy) is 1. The lowest BCUT2D eigenvalue weighted by atomic mass is 9.98. The van der Waals surface area contributed by atoms with Gasteiger partial charge in [-0.1, -0.05) is 11.6 Å². The fourth-order valence-electron chi connectivity index (χ4n) is 4.50. The standard InChI is InChI=1S/C21H27N3O2/c1-13-3-7-20(19(9-13)14(2)25)26-18-10-16-5-6-17(11-18)24(16)21-8-4-15(22)12-23-21/h3,7-9,12,15-18H,4-6,10-11,22H2,1-2H3/t15-,16?,17?,18?/m0/s1. The zero-order valence-electron chi connectivity index (χ0n) is 15.5. The Bertz CT molecular complexity index is 757. The van der Waals surface area contributed by atoms with E-state index in [1.54, 1.807) is 6.92 Å². The maximum atomic E-state index is 12.0. The molecule has 2 bridgehead atoms. The van der Waals surface area contributed by atoms with Crippen LogP contribution in [0.5, 0.6) is 5.75 Å². The Morgan fingerprint density at radius 2 is 2.00 bits per heavy atom. The van der Waals surface area contributed by atoms with E-state index in [0.717, 1.165) is 36.4 Å². The average molecular weight is 353 g/mol. The van der Waals surface area contributed by atoms with Gasteiger partial charge in [0.05, 0.1) is 5.56 Å². The molecule has 5 heteroatoms. The molecule has 2 N–H and O–H groups in total. The molecule has 5 nitrogen and oxygen atoms in total. The Kier molecular flexibility index (Phi) is 4.57. The lowest BCUT2D eigenvalue weighted by molar-refractivity contribution is 0.0685. The molecule has 3 aliphatic heterocycles. The number of carbonyl (C=O) groups is 1. The second kappa shape index (κ2) is 6.88. The Morgan fingerprint density at radius 3 is 2.62 bits per heavy atom. The van der Waals surface area contributed by atoms with Gasteiger partial charge in [-0.15, -0.1) is 0 Å². The van der Waals surface area contributed by atoms with Crippen molar-refractivity contribution in [2.24, 2.45) is 10.7 Å². The lowest BCUT2D eigenvalue weighted by Gasteiger charge is -2.41. The van der Waals surface area contributed by atoms with Crippen molar-refractivity contribution in [3.8, 4) is 5.75 Å². The minimum atomic E-state index is 0.0452. The van der Waals surface area contributed by atoms with E-state index in [1.165, 1.54) is 12.8 Å². The van der Waals surface area contributed by atoms with E-state index in [1.807, 2.05) is 31.3 Å². The van der Waals surface area contributed by atoms with Gasteiger partial charge in [-0.2, -0.15) is 0 Å². The number of ketones is 1. The summed E-state index contributed by atoms with van der Waals surface area (Å²) in [5.74, 6) is 1.86. The first-order valence-electron chi connectivity index (χ1n) is 9.58. The third-order valence-electron chi connectivity index (χ3n) is 5.73.